The van der Waals surface area contributed by atoms with Crippen LogP contribution in [0, 0.1) is 5.92 Å². The first-order valence-electron chi connectivity index (χ1n) is 7.68. The van der Waals surface area contributed by atoms with E-state index in [2.05, 4.69) is 0 Å². The maximum atomic E-state index is 14.0. The van der Waals surface area contributed by atoms with Crippen LogP contribution in [0.25, 0.3) is 0 Å². The summed E-state index contributed by atoms with van der Waals surface area (Å²) in [5.41, 5.74) is -2.21. The lowest BCUT2D eigenvalue weighted by atomic mass is 9.95. The third-order valence-corrected chi connectivity index (χ3v) is 3.67. The van der Waals surface area contributed by atoms with Crippen LogP contribution in [0.2, 0.25) is 0 Å². The zero-order chi connectivity index (χ0) is 20.3. The maximum Gasteiger partial charge on any atom is 0.455 e. The highest BCUT2D eigenvalue weighted by Gasteiger charge is 2.63. The van der Waals surface area contributed by atoms with Crippen molar-refractivity contribution >= 4 is 0 Å². The van der Waals surface area contributed by atoms with E-state index in [0.717, 1.165) is 12.1 Å². The molecule has 2 atom stereocenters. The third-order valence-electron chi connectivity index (χ3n) is 3.67. The van der Waals surface area contributed by atoms with E-state index in [0.29, 0.717) is 6.07 Å². The molecule has 0 saturated heterocycles. The van der Waals surface area contributed by atoms with Crippen LogP contribution in [0.4, 0.5) is 35.1 Å². The first-order chi connectivity index (χ1) is 11.7. The van der Waals surface area contributed by atoms with Gasteiger partial charge in [-0.2, -0.15) is 35.1 Å². The van der Waals surface area contributed by atoms with Crippen molar-refractivity contribution in [2.75, 3.05) is 6.61 Å². The number of hydrogen-bond acceptors (Lipinski definition) is 2. The van der Waals surface area contributed by atoms with Crippen LogP contribution >= 0.6 is 0 Å². The largest absolute Gasteiger partial charge is 0.455 e. The Morgan fingerprint density at radius 2 is 1.58 bits per heavy atom. The SMILES string of the molecule is CC(C)C[C@@H](CO)N[C@@H](c1cccc(C(F)(F)F)c1)C(F)(F)C(F)(F)F. The molecular formula is C16H19F8NO. The highest BCUT2D eigenvalue weighted by atomic mass is 19.4. The second kappa shape index (κ2) is 8.08. The van der Waals surface area contributed by atoms with Gasteiger partial charge in [-0.15, -0.1) is 0 Å². The first-order valence-corrected chi connectivity index (χ1v) is 7.68. The van der Waals surface area contributed by atoms with Crippen molar-refractivity contribution in [1.29, 1.82) is 0 Å². The quantitative estimate of drug-likeness (QED) is 0.643. The average Bonchev–Trinajstić information content (AvgIpc) is 2.48. The molecule has 2 nitrogen and oxygen atoms in total. The molecule has 0 aromatic heterocycles. The van der Waals surface area contributed by atoms with Gasteiger partial charge in [0.05, 0.1) is 12.2 Å². The molecule has 0 aliphatic carbocycles. The van der Waals surface area contributed by atoms with Crippen molar-refractivity contribution in [2.24, 2.45) is 5.92 Å². The van der Waals surface area contributed by atoms with Gasteiger partial charge in [0.25, 0.3) is 0 Å². The second-order valence-electron chi connectivity index (χ2n) is 6.35. The molecule has 150 valence electrons. The van der Waals surface area contributed by atoms with Crippen molar-refractivity contribution < 1.29 is 40.2 Å². The summed E-state index contributed by atoms with van der Waals surface area (Å²) in [6, 6.07) is -1.58. The Kier molecular flexibility index (Phi) is 7.03. The highest BCUT2D eigenvalue weighted by molar-refractivity contribution is 5.30. The molecule has 0 heterocycles. The summed E-state index contributed by atoms with van der Waals surface area (Å²) in [6.45, 7) is 2.57. The Bertz CT molecular complexity index is 582. The van der Waals surface area contributed by atoms with E-state index in [9.17, 15) is 40.2 Å². The monoisotopic (exact) mass is 393 g/mol. The molecule has 1 aromatic rings. The Hall–Kier alpha value is -1.42. The topological polar surface area (TPSA) is 32.3 Å². The van der Waals surface area contributed by atoms with Gasteiger partial charge in [-0.3, -0.25) is 5.32 Å². The molecule has 2 N–H and O–H groups in total. The van der Waals surface area contributed by atoms with Crippen LogP contribution in [0.1, 0.15) is 37.4 Å². The summed E-state index contributed by atoms with van der Waals surface area (Å²) >= 11 is 0. The standard InChI is InChI=1S/C16H19F8NO/c1-9(2)6-12(8-26)25-13(14(17,18)16(22,23)24)10-4-3-5-11(7-10)15(19,20)21/h3-5,7,9,12-13,25-26H,6,8H2,1-2H3/t12-,13-/m0/s1. The summed E-state index contributed by atoms with van der Waals surface area (Å²) in [6.07, 6.45) is -10.8. The van der Waals surface area contributed by atoms with Crippen molar-refractivity contribution in [3.05, 3.63) is 35.4 Å². The van der Waals surface area contributed by atoms with Crippen LogP contribution in [0.5, 0.6) is 0 Å². The number of alkyl halides is 8. The fourth-order valence-corrected chi connectivity index (χ4v) is 2.47. The molecule has 0 spiro atoms. The molecule has 0 fully saturated rings. The van der Waals surface area contributed by atoms with E-state index in [1.54, 1.807) is 13.8 Å². The highest BCUT2D eigenvalue weighted by Crippen LogP contribution is 2.45. The van der Waals surface area contributed by atoms with Crippen molar-refractivity contribution in [2.45, 2.75) is 50.6 Å². The minimum atomic E-state index is -5.99. The fraction of sp³-hybridized carbons (Fsp3) is 0.625. The molecule has 10 heteroatoms. The van der Waals surface area contributed by atoms with Gasteiger partial charge in [-0.05, 0) is 30.0 Å². The number of rotatable bonds is 7. The van der Waals surface area contributed by atoms with Crippen molar-refractivity contribution in [3.63, 3.8) is 0 Å². The second-order valence-corrected chi connectivity index (χ2v) is 6.35. The number of hydrogen-bond donors (Lipinski definition) is 2. The lowest BCUT2D eigenvalue weighted by Gasteiger charge is -2.33. The van der Waals surface area contributed by atoms with Crippen LogP contribution in [0.3, 0.4) is 0 Å². The smallest absolute Gasteiger partial charge is 0.395 e. The molecule has 0 bridgehead atoms. The normalized spacial score (nSPS) is 16.0. The summed E-state index contributed by atoms with van der Waals surface area (Å²) in [5, 5.41) is 11.2. The van der Waals surface area contributed by atoms with Crippen LogP contribution in [-0.4, -0.2) is 29.9 Å². The van der Waals surface area contributed by atoms with Gasteiger partial charge in [0, 0.05) is 6.04 Å². The molecule has 0 amide bonds. The number of aliphatic hydroxyl groups is 1. The van der Waals surface area contributed by atoms with Crippen molar-refractivity contribution in [3.8, 4) is 0 Å². The lowest BCUT2D eigenvalue weighted by Crippen LogP contribution is -2.51. The molecule has 0 unspecified atom stereocenters. The lowest BCUT2D eigenvalue weighted by molar-refractivity contribution is -0.295. The Morgan fingerprint density at radius 3 is 2.00 bits per heavy atom. The summed E-state index contributed by atoms with van der Waals surface area (Å²) in [7, 11) is 0. The Balaban J connectivity index is 3.37. The molecular weight excluding hydrogens is 374 g/mol. The van der Waals surface area contributed by atoms with E-state index in [-0.39, 0.29) is 18.4 Å². The number of nitrogens with one attached hydrogen (secondary N) is 1. The Morgan fingerprint density at radius 1 is 1.00 bits per heavy atom. The van der Waals surface area contributed by atoms with Gasteiger partial charge in [0.2, 0.25) is 0 Å². The molecule has 0 saturated carbocycles. The fourth-order valence-electron chi connectivity index (χ4n) is 2.47. The number of halogens is 8. The van der Waals surface area contributed by atoms with E-state index in [1.165, 1.54) is 0 Å². The van der Waals surface area contributed by atoms with E-state index in [4.69, 9.17) is 0 Å². The van der Waals surface area contributed by atoms with Gasteiger partial charge >= 0.3 is 18.3 Å². The van der Waals surface area contributed by atoms with E-state index >= 15 is 0 Å². The zero-order valence-electron chi connectivity index (χ0n) is 13.9. The van der Waals surface area contributed by atoms with E-state index < -0.39 is 48.1 Å². The van der Waals surface area contributed by atoms with Gasteiger partial charge in [0.1, 0.15) is 6.04 Å². The Labute approximate surface area is 145 Å². The minimum Gasteiger partial charge on any atom is -0.395 e. The number of benzene rings is 1. The summed E-state index contributed by atoms with van der Waals surface area (Å²) < 4.78 is 105. The minimum absolute atomic E-state index is 0.0555. The van der Waals surface area contributed by atoms with Gasteiger partial charge in [-0.1, -0.05) is 26.0 Å². The predicted octanol–water partition coefficient (Wildman–Crippen LogP) is 4.94. The molecule has 1 aromatic carbocycles. The molecule has 0 radical (unpaired) electrons. The third kappa shape index (κ3) is 5.54. The van der Waals surface area contributed by atoms with Gasteiger partial charge in [-0.25, -0.2) is 0 Å². The summed E-state index contributed by atoms with van der Waals surface area (Å²) in [5.74, 6) is -5.50. The van der Waals surface area contributed by atoms with Crippen LogP contribution in [0.15, 0.2) is 24.3 Å². The molecule has 0 aliphatic rings. The maximum absolute atomic E-state index is 14.0. The first kappa shape index (κ1) is 22.6. The average molecular weight is 393 g/mol. The van der Waals surface area contributed by atoms with Crippen LogP contribution < -0.4 is 5.32 Å². The molecule has 0 aliphatic heterocycles. The van der Waals surface area contributed by atoms with Crippen LogP contribution in [-0.2, 0) is 6.18 Å². The molecule has 26 heavy (non-hydrogen) atoms. The zero-order valence-corrected chi connectivity index (χ0v) is 13.9. The molecule has 1 rings (SSSR count). The number of aliphatic hydroxyl groups excluding tert-OH is 1. The van der Waals surface area contributed by atoms with E-state index in [1.807, 2.05) is 5.32 Å². The van der Waals surface area contributed by atoms with Gasteiger partial charge in [0.15, 0.2) is 0 Å². The van der Waals surface area contributed by atoms with Crippen molar-refractivity contribution in [1.82, 2.24) is 5.32 Å². The van der Waals surface area contributed by atoms with Gasteiger partial charge < -0.3 is 5.11 Å². The predicted molar refractivity (Wildman–Crippen MR) is 78.7 cm³/mol. The summed E-state index contributed by atoms with van der Waals surface area (Å²) in [4.78, 5) is 0.